The first-order chi connectivity index (χ1) is 8.54. The van der Waals surface area contributed by atoms with Crippen LogP contribution in [0.4, 0.5) is 5.69 Å². The zero-order chi connectivity index (χ0) is 13.3. The fourth-order valence-corrected chi connectivity index (χ4v) is 2.83. The first-order valence-electron chi connectivity index (χ1n) is 6.71. The van der Waals surface area contributed by atoms with E-state index < -0.39 is 0 Å². The molecular formula is C15H24N2O. The summed E-state index contributed by atoms with van der Waals surface area (Å²) >= 11 is 0. The molecule has 0 amide bonds. The van der Waals surface area contributed by atoms with Crippen LogP contribution < -0.4 is 15.8 Å². The molecule has 1 fully saturated rings. The summed E-state index contributed by atoms with van der Waals surface area (Å²) in [5, 5.41) is 3.64. The number of aryl methyl sites for hydroxylation is 1. The molecule has 2 rings (SSSR count). The highest BCUT2D eigenvalue weighted by Gasteiger charge is 2.25. The zero-order valence-electron chi connectivity index (χ0n) is 11.8. The van der Waals surface area contributed by atoms with Crippen LogP contribution in [0.3, 0.4) is 0 Å². The number of nitrogens with two attached hydrogens (primary N) is 1. The number of methoxy groups -OCH3 is 1. The lowest BCUT2D eigenvalue weighted by Crippen LogP contribution is -2.35. The minimum absolute atomic E-state index is 0.284. The summed E-state index contributed by atoms with van der Waals surface area (Å²) in [5.41, 5.74) is 11.1. The highest BCUT2D eigenvalue weighted by Crippen LogP contribution is 2.33. The van der Waals surface area contributed by atoms with E-state index in [-0.39, 0.29) is 6.04 Å². The van der Waals surface area contributed by atoms with Crippen LogP contribution in [-0.4, -0.2) is 19.2 Å². The third-order valence-corrected chi connectivity index (χ3v) is 4.17. The Morgan fingerprint density at radius 3 is 2.50 bits per heavy atom. The number of rotatable bonds is 3. The molecule has 3 heteroatoms. The van der Waals surface area contributed by atoms with Crippen molar-refractivity contribution in [2.75, 3.05) is 12.4 Å². The maximum Gasteiger partial charge on any atom is 0.122 e. The zero-order valence-corrected chi connectivity index (χ0v) is 11.8. The van der Waals surface area contributed by atoms with Crippen molar-refractivity contribution >= 4 is 5.69 Å². The maximum absolute atomic E-state index is 6.13. The van der Waals surface area contributed by atoms with Crippen LogP contribution in [0.25, 0.3) is 0 Å². The molecule has 2 atom stereocenters. The molecule has 1 aliphatic rings. The molecule has 0 heterocycles. The van der Waals surface area contributed by atoms with Crippen molar-refractivity contribution in [3.05, 3.63) is 22.8 Å². The molecule has 1 saturated carbocycles. The van der Waals surface area contributed by atoms with Crippen LogP contribution in [0.1, 0.15) is 36.0 Å². The van der Waals surface area contributed by atoms with Crippen molar-refractivity contribution in [3.8, 4) is 5.75 Å². The predicted molar refractivity (Wildman–Crippen MR) is 76.4 cm³/mol. The van der Waals surface area contributed by atoms with Crippen LogP contribution in [-0.2, 0) is 0 Å². The topological polar surface area (TPSA) is 47.3 Å². The minimum Gasteiger partial charge on any atom is -0.496 e. The van der Waals surface area contributed by atoms with Gasteiger partial charge in [0.15, 0.2) is 0 Å². The second-order valence-corrected chi connectivity index (χ2v) is 5.37. The van der Waals surface area contributed by atoms with E-state index in [1.807, 2.05) is 0 Å². The first-order valence-corrected chi connectivity index (χ1v) is 6.71. The molecule has 1 aromatic rings. The molecular weight excluding hydrogens is 224 g/mol. The lowest BCUT2D eigenvalue weighted by atomic mass is 10.0. The van der Waals surface area contributed by atoms with Gasteiger partial charge in [-0.3, -0.25) is 0 Å². The Morgan fingerprint density at radius 2 is 1.94 bits per heavy atom. The van der Waals surface area contributed by atoms with Gasteiger partial charge in [-0.05, 0) is 62.8 Å². The van der Waals surface area contributed by atoms with Crippen molar-refractivity contribution in [3.63, 3.8) is 0 Å². The van der Waals surface area contributed by atoms with Gasteiger partial charge in [0.05, 0.1) is 7.11 Å². The smallest absolute Gasteiger partial charge is 0.122 e. The van der Waals surface area contributed by atoms with Gasteiger partial charge >= 0.3 is 0 Å². The third-order valence-electron chi connectivity index (χ3n) is 4.17. The van der Waals surface area contributed by atoms with E-state index in [9.17, 15) is 0 Å². The molecule has 100 valence electrons. The predicted octanol–water partition coefficient (Wildman–Crippen LogP) is 2.91. The van der Waals surface area contributed by atoms with E-state index in [0.717, 1.165) is 12.2 Å². The Bertz CT molecular complexity index is 443. The van der Waals surface area contributed by atoms with Gasteiger partial charge in [-0.15, -0.1) is 0 Å². The maximum atomic E-state index is 6.13. The molecule has 3 nitrogen and oxygen atoms in total. The van der Waals surface area contributed by atoms with Gasteiger partial charge in [0.25, 0.3) is 0 Å². The Kier molecular flexibility index (Phi) is 3.81. The van der Waals surface area contributed by atoms with Gasteiger partial charge in [0, 0.05) is 17.8 Å². The molecule has 0 saturated heterocycles. The summed E-state index contributed by atoms with van der Waals surface area (Å²) in [4.78, 5) is 0. The summed E-state index contributed by atoms with van der Waals surface area (Å²) in [7, 11) is 1.72. The summed E-state index contributed by atoms with van der Waals surface area (Å²) in [6.45, 7) is 6.37. The van der Waals surface area contributed by atoms with Crippen molar-refractivity contribution in [1.29, 1.82) is 0 Å². The second kappa shape index (κ2) is 5.19. The van der Waals surface area contributed by atoms with Crippen molar-refractivity contribution in [2.45, 2.75) is 52.1 Å². The number of hydrogen-bond donors (Lipinski definition) is 2. The second-order valence-electron chi connectivity index (χ2n) is 5.37. The van der Waals surface area contributed by atoms with E-state index in [1.54, 1.807) is 7.11 Å². The minimum atomic E-state index is 0.284. The molecule has 3 N–H and O–H groups in total. The van der Waals surface area contributed by atoms with Crippen molar-refractivity contribution in [2.24, 2.45) is 5.73 Å². The number of benzene rings is 1. The fourth-order valence-electron chi connectivity index (χ4n) is 2.83. The molecule has 18 heavy (non-hydrogen) atoms. The number of ether oxygens (including phenoxy) is 1. The Labute approximate surface area is 110 Å². The molecule has 0 spiro atoms. The van der Waals surface area contributed by atoms with E-state index in [2.05, 4.69) is 32.2 Å². The lowest BCUT2D eigenvalue weighted by molar-refractivity contribution is 0.411. The molecule has 1 aliphatic carbocycles. The van der Waals surface area contributed by atoms with E-state index in [4.69, 9.17) is 10.5 Å². The number of hydrogen-bond acceptors (Lipinski definition) is 3. The lowest BCUT2D eigenvalue weighted by Gasteiger charge is -2.23. The fraction of sp³-hybridized carbons (Fsp3) is 0.600. The first kappa shape index (κ1) is 13.2. The van der Waals surface area contributed by atoms with E-state index >= 15 is 0 Å². The van der Waals surface area contributed by atoms with Crippen molar-refractivity contribution in [1.82, 2.24) is 0 Å². The van der Waals surface area contributed by atoms with E-state index in [0.29, 0.717) is 6.04 Å². The van der Waals surface area contributed by atoms with Crippen molar-refractivity contribution < 1.29 is 4.74 Å². The third kappa shape index (κ3) is 2.32. The molecule has 0 aromatic heterocycles. The normalized spacial score (nSPS) is 23.2. The van der Waals surface area contributed by atoms with Crippen LogP contribution in [0, 0.1) is 20.8 Å². The Balaban J connectivity index is 2.30. The summed E-state index contributed by atoms with van der Waals surface area (Å²) in [6.07, 6.45) is 3.53. The highest BCUT2D eigenvalue weighted by atomic mass is 16.5. The molecule has 1 aromatic carbocycles. The van der Waals surface area contributed by atoms with Gasteiger partial charge in [0.2, 0.25) is 0 Å². The van der Waals surface area contributed by atoms with Gasteiger partial charge in [0.1, 0.15) is 5.75 Å². The standard InChI is InChI=1S/C15H24N2O/c1-9-8-14(18-4)10(2)11(3)15(9)17-13-7-5-6-12(13)16/h8,12-13,17H,5-7,16H2,1-4H3. The molecule has 0 aliphatic heterocycles. The van der Waals surface area contributed by atoms with Crippen LogP contribution in [0.15, 0.2) is 6.07 Å². The largest absolute Gasteiger partial charge is 0.496 e. The number of anilines is 1. The molecule has 2 unspecified atom stereocenters. The average Bonchev–Trinajstić information content (AvgIpc) is 2.75. The van der Waals surface area contributed by atoms with Crippen LogP contribution in [0.5, 0.6) is 5.75 Å². The highest BCUT2D eigenvalue weighted by molar-refractivity contribution is 5.64. The summed E-state index contributed by atoms with van der Waals surface area (Å²) in [6, 6.07) is 2.80. The summed E-state index contributed by atoms with van der Waals surface area (Å²) < 4.78 is 5.40. The Morgan fingerprint density at radius 1 is 1.22 bits per heavy atom. The molecule has 0 radical (unpaired) electrons. The molecule has 0 bridgehead atoms. The SMILES string of the molecule is COc1cc(C)c(NC2CCCC2N)c(C)c1C. The average molecular weight is 248 g/mol. The quantitative estimate of drug-likeness (QED) is 0.864. The summed E-state index contributed by atoms with van der Waals surface area (Å²) in [5.74, 6) is 0.964. The van der Waals surface area contributed by atoms with Gasteiger partial charge in [-0.1, -0.05) is 0 Å². The van der Waals surface area contributed by atoms with Crippen LogP contribution >= 0.6 is 0 Å². The van der Waals surface area contributed by atoms with Gasteiger partial charge in [-0.2, -0.15) is 0 Å². The van der Waals surface area contributed by atoms with Crippen LogP contribution in [0.2, 0.25) is 0 Å². The number of nitrogens with one attached hydrogen (secondary N) is 1. The Hall–Kier alpha value is -1.22. The monoisotopic (exact) mass is 248 g/mol. The van der Waals surface area contributed by atoms with E-state index in [1.165, 1.54) is 35.2 Å². The van der Waals surface area contributed by atoms with Gasteiger partial charge in [-0.25, -0.2) is 0 Å². The van der Waals surface area contributed by atoms with Gasteiger partial charge < -0.3 is 15.8 Å².